The Balaban J connectivity index is 2.17. The second kappa shape index (κ2) is 6.43. The van der Waals surface area contributed by atoms with E-state index in [1.54, 1.807) is 6.92 Å². The number of rotatable bonds is 6. The summed E-state index contributed by atoms with van der Waals surface area (Å²) in [6, 6.07) is 0.301. The van der Waals surface area contributed by atoms with Gasteiger partial charge >= 0.3 is 5.97 Å². The van der Waals surface area contributed by atoms with Gasteiger partial charge in [-0.05, 0) is 19.8 Å². The highest BCUT2D eigenvalue weighted by atomic mass is 32.2. The van der Waals surface area contributed by atoms with Crippen LogP contribution in [0.1, 0.15) is 54.5 Å². The van der Waals surface area contributed by atoms with Gasteiger partial charge in [-0.25, -0.2) is 14.8 Å². The SMILES string of the molecule is Cc1nc(C(C)C)nc(SCC(=O)NC2CC2)c1C(=O)O. The molecule has 0 aromatic carbocycles. The maximum absolute atomic E-state index is 11.7. The highest BCUT2D eigenvalue weighted by Crippen LogP contribution is 2.25. The van der Waals surface area contributed by atoms with E-state index in [1.807, 2.05) is 13.8 Å². The van der Waals surface area contributed by atoms with Crippen molar-refractivity contribution in [2.24, 2.45) is 0 Å². The Labute approximate surface area is 127 Å². The summed E-state index contributed by atoms with van der Waals surface area (Å²) in [5.41, 5.74) is 0.523. The molecule has 1 heterocycles. The van der Waals surface area contributed by atoms with Crippen LogP contribution in [0.5, 0.6) is 0 Å². The van der Waals surface area contributed by atoms with Gasteiger partial charge < -0.3 is 10.4 Å². The van der Waals surface area contributed by atoms with E-state index in [4.69, 9.17) is 0 Å². The van der Waals surface area contributed by atoms with Crippen molar-refractivity contribution in [3.05, 3.63) is 17.1 Å². The summed E-state index contributed by atoms with van der Waals surface area (Å²) in [6.45, 7) is 5.55. The number of aryl methyl sites for hydroxylation is 1. The Morgan fingerprint density at radius 2 is 2.05 bits per heavy atom. The Kier molecular flexibility index (Phi) is 4.82. The quantitative estimate of drug-likeness (QED) is 0.616. The summed E-state index contributed by atoms with van der Waals surface area (Å²) in [7, 11) is 0. The topological polar surface area (TPSA) is 92.2 Å². The molecule has 1 aromatic heterocycles. The third-order valence-corrected chi connectivity index (χ3v) is 4.06. The molecule has 21 heavy (non-hydrogen) atoms. The molecule has 0 spiro atoms. The van der Waals surface area contributed by atoms with Crippen LogP contribution in [0.25, 0.3) is 0 Å². The number of aromatic carboxylic acids is 1. The average Bonchev–Trinajstić information content (AvgIpc) is 3.18. The molecule has 2 rings (SSSR count). The molecule has 0 bridgehead atoms. The largest absolute Gasteiger partial charge is 0.478 e. The van der Waals surface area contributed by atoms with Crippen LogP contribution < -0.4 is 5.32 Å². The van der Waals surface area contributed by atoms with E-state index < -0.39 is 5.97 Å². The Hall–Kier alpha value is -1.63. The van der Waals surface area contributed by atoms with E-state index in [-0.39, 0.29) is 23.1 Å². The van der Waals surface area contributed by atoms with Crippen molar-refractivity contribution < 1.29 is 14.7 Å². The molecule has 1 aliphatic carbocycles. The number of carbonyl (C=O) groups excluding carboxylic acids is 1. The lowest BCUT2D eigenvalue weighted by Gasteiger charge is -2.11. The molecule has 0 atom stereocenters. The van der Waals surface area contributed by atoms with Crippen molar-refractivity contribution in [1.82, 2.24) is 15.3 Å². The van der Waals surface area contributed by atoms with E-state index >= 15 is 0 Å². The van der Waals surface area contributed by atoms with Crippen molar-refractivity contribution in [2.75, 3.05) is 5.75 Å². The van der Waals surface area contributed by atoms with Crippen LogP contribution in [0.4, 0.5) is 0 Å². The zero-order chi connectivity index (χ0) is 15.6. The second-order valence-electron chi connectivity index (χ2n) is 5.44. The summed E-state index contributed by atoms with van der Waals surface area (Å²) < 4.78 is 0. The first-order valence-corrected chi connectivity index (χ1v) is 7.91. The molecule has 0 saturated heterocycles. The fourth-order valence-electron chi connectivity index (χ4n) is 1.81. The molecule has 114 valence electrons. The lowest BCUT2D eigenvalue weighted by atomic mass is 10.2. The summed E-state index contributed by atoms with van der Waals surface area (Å²) in [5.74, 6) is -0.270. The van der Waals surface area contributed by atoms with Crippen LogP contribution in [-0.4, -0.2) is 38.7 Å². The third-order valence-electron chi connectivity index (χ3n) is 3.09. The molecule has 1 aromatic rings. The summed E-state index contributed by atoms with van der Waals surface area (Å²) in [6.07, 6.45) is 2.06. The fraction of sp³-hybridized carbons (Fsp3) is 0.571. The van der Waals surface area contributed by atoms with Crippen LogP contribution in [0.2, 0.25) is 0 Å². The summed E-state index contributed by atoms with van der Waals surface area (Å²) in [4.78, 5) is 31.6. The van der Waals surface area contributed by atoms with Gasteiger partial charge in [-0.2, -0.15) is 0 Å². The van der Waals surface area contributed by atoms with Gasteiger partial charge in [0, 0.05) is 12.0 Å². The molecule has 0 unspecified atom stereocenters. The number of thioether (sulfide) groups is 1. The van der Waals surface area contributed by atoms with Crippen LogP contribution in [0, 0.1) is 6.92 Å². The van der Waals surface area contributed by atoms with Crippen molar-refractivity contribution in [1.29, 1.82) is 0 Å². The van der Waals surface area contributed by atoms with Gasteiger partial charge in [0.05, 0.1) is 11.4 Å². The van der Waals surface area contributed by atoms with Crippen molar-refractivity contribution in [2.45, 2.75) is 50.6 Å². The predicted molar refractivity (Wildman–Crippen MR) is 79.7 cm³/mol. The lowest BCUT2D eigenvalue weighted by Crippen LogP contribution is -2.27. The number of nitrogens with zero attached hydrogens (tertiary/aromatic N) is 2. The molecule has 1 amide bonds. The molecule has 7 heteroatoms. The maximum atomic E-state index is 11.7. The average molecular weight is 309 g/mol. The zero-order valence-corrected chi connectivity index (χ0v) is 13.2. The van der Waals surface area contributed by atoms with Gasteiger partial charge in [-0.3, -0.25) is 4.79 Å². The number of nitrogens with one attached hydrogen (secondary N) is 1. The summed E-state index contributed by atoms with van der Waals surface area (Å²) >= 11 is 1.15. The second-order valence-corrected chi connectivity index (χ2v) is 6.40. The maximum Gasteiger partial charge on any atom is 0.340 e. The Bertz CT molecular complexity index is 571. The van der Waals surface area contributed by atoms with Crippen LogP contribution in [0.3, 0.4) is 0 Å². The first-order valence-electron chi connectivity index (χ1n) is 6.92. The smallest absolute Gasteiger partial charge is 0.340 e. The molecule has 2 N–H and O–H groups in total. The van der Waals surface area contributed by atoms with E-state index in [2.05, 4.69) is 15.3 Å². The van der Waals surface area contributed by atoms with Crippen LogP contribution >= 0.6 is 11.8 Å². The third kappa shape index (κ3) is 4.17. The molecule has 1 aliphatic rings. The molecule has 0 aliphatic heterocycles. The number of carboxylic acids is 1. The lowest BCUT2D eigenvalue weighted by molar-refractivity contribution is -0.118. The standard InChI is InChI=1S/C14H19N3O3S/c1-7(2)12-15-8(3)11(14(19)20)13(17-12)21-6-10(18)16-9-4-5-9/h7,9H,4-6H2,1-3H3,(H,16,18)(H,19,20). The van der Waals surface area contributed by atoms with Crippen molar-refractivity contribution in [3.63, 3.8) is 0 Å². The van der Waals surface area contributed by atoms with Gasteiger partial charge in [0.1, 0.15) is 16.4 Å². The van der Waals surface area contributed by atoms with E-state index in [9.17, 15) is 14.7 Å². The van der Waals surface area contributed by atoms with Crippen LogP contribution in [-0.2, 0) is 4.79 Å². The molecular weight excluding hydrogens is 290 g/mol. The molecular formula is C14H19N3O3S. The predicted octanol–water partition coefficient (Wildman–Crippen LogP) is 1.98. The highest BCUT2D eigenvalue weighted by molar-refractivity contribution is 8.00. The van der Waals surface area contributed by atoms with E-state index in [0.29, 0.717) is 22.6 Å². The Morgan fingerprint density at radius 1 is 1.38 bits per heavy atom. The number of hydrogen-bond acceptors (Lipinski definition) is 5. The molecule has 6 nitrogen and oxygen atoms in total. The van der Waals surface area contributed by atoms with Crippen LogP contribution in [0.15, 0.2) is 5.03 Å². The van der Waals surface area contributed by atoms with Gasteiger partial charge in [-0.15, -0.1) is 0 Å². The monoisotopic (exact) mass is 309 g/mol. The molecule has 0 radical (unpaired) electrons. The first-order chi connectivity index (χ1) is 9.88. The normalized spacial score (nSPS) is 14.3. The fourth-order valence-corrected chi connectivity index (χ4v) is 2.70. The molecule has 1 saturated carbocycles. The van der Waals surface area contributed by atoms with Gasteiger partial charge in [0.2, 0.25) is 5.91 Å². The number of hydrogen-bond donors (Lipinski definition) is 2. The Morgan fingerprint density at radius 3 is 2.57 bits per heavy atom. The number of carbonyl (C=O) groups is 2. The van der Waals surface area contributed by atoms with E-state index in [0.717, 1.165) is 24.6 Å². The van der Waals surface area contributed by atoms with Gasteiger partial charge in [0.15, 0.2) is 0 Å². The summed E-state index contributed by atoms with van der Waals surface area (Å²) in [5, 5.41) is 12.5. The molecule has 1 fully saturated rings. The van der Waals surface area contributed by atoms with Crippen molar-refractivity contribution >= 4 is 23.6 Å². The number of amides is 1. The van der Waals surface area contributed by atoms with Gasteiger partial charge in [0.25, 0.3) is 0 Å². The number of carboxylic acid groups (broad SMARTS) is 1. The minimum atomic E-state index is -1.06. The minimum absolute atomic E-state index is 0.0822. The van der Waals surface area contributed by atoms with Crippen molar-refractivity contribution in [3.8, 4) is 0 Å². The first kappa shape index (κ1) is 15.8. The highest BCUT2D eigenvalue weighted by Gasteiger charge is 2.24. The number of aromatic nitrogens is 2. The zero-order valence-electron chi connectivity index (χ0n) is 12.3. The van der Waals surface area contributed by atoms with Gasteiger partial charge in [-0.1, -0.05) is 25.6 Å². The van der Waals surface area contributed by atoms with E-state index in [1.165, 1.54) is 0 Å². The minimum Gasteiger partial charge on any atom is -0.478 e.